The summed E-state index contributed by atoms with van der Waals surface area (Å²) in [6.45, 7) is 3.76. The van der Waals surface area contributed by atoms with Crippen molar-refractivity contribution in [2.75, 3.05) is 38.6 Å². The van der Waals surface area contributed by atoms with Crippen LogP contribution in [-0.2, 0) is 9.53 Å². The zero-order chi connectivity index (χ0) is 11.9. The van der Waals surface area contributed by atoms with Gasteiger partial charge in [0.25, 0.3) is 0 Å². The van der Waals surface area contributed by atoms with Crippen LogP contribution in [0.15, 0.2) is 0 Å². The topological polar surface area (TPSA) is 41.6 Å². The Morgan fingerprint density at radius 3 is 2.89 bits per heavy atom. The van der Waals surface area contributed by atoms with E-state index in [1.54, 1.807) is 0 Å². The fourth-order valence-electron chi connectivity index (χ4n) is 1.98. The molecule has 0 saturated carbocycles. The molecule has 2 heterocycles. The van der Waals surface area contributed by atoms with Crippen molar-refractivity contribution in [1.29, 1.82) is 0 Å². The van der Waals surface area contributed by atoms with Gasteiger partial charge in [-0.2, -0.15) is 0 Å². The second-order valence-corrected chi connectivity index (χ2v) is 8.84. The molecular weight excluding hydrogens is 339 g/mol. The Hall–Kier alpha value is 0.549. The standard InChI is InChI=1S/C11H20N2O2SSe.ClH/c14-11(13-4-6-15-7-5-13)1-3-12-10-2-8-16-17-9-10;/h10,12H,1-9H2;1H/t10-;/m0./s1. The molecule has 2 fully saturated rings. The summed E-state index contributed by atoms with van der Waals surface area (Å²) >= 11 is 0.754. The summed E-state index contributed by atoms with van der Waals surface area (Å²) in [5, 5.41) is 4.82. The zero-order valence-corrected chi connectivity index (χ0v) is 13.8. The normalized spacial score (nSPS) is 24.4. The van der Waals surface area contributed by atoms with Crippen molar-refractivity contribution in [1.82, 2.24) is 10.2 Å². The number of ether oxygens (including phenoxy) is 1. The van der Waals surface area contributed by atoms with Crippen molar-refractivity contribution in [2.45, 2.75) is 24.2 Å². The van der Waals surface area contributed by atoms with Gasteiger partial charge in [-0.3, -0.25) is 0 Å². The van der Waals surface area contributed by atoms with E-state index in [9.17, 15) is 4.79 Å². The van der Waals surface area contributed by atoms with Gasteiger partial charge < -0.3 is 0 Å². The number of hydrogen-bond acceptors (Lipinski definition) is 4. The third kappa shape index (κ3) is 5.68. The number of halogens is 1. The fraction of sp³-hybridized carbons (Fsp3) is 0.909. The molecule has 0 aliphatic carbocycles. The van der Waals surface area contributed by atoms with E-state index in [1.165, 1.54) is 17.5 Å². The molecule has 106 valence electrons. The first-order chi connectivity index (χ1) is 8.36. The SMILES string of the molecule is Cl.O=C(CCN[C@H]1CCS[Se]C1)N1CCOCC1. The van der Waals surface area contributed by atoms with Crippen LogP contribution in [0.4, 0.5) is 0 Å². The van der Waals surface area contributed by atoms with Gasteiger partial charge in [-0.15, -0.1) is 12.4 Å². The Morgan fingerprint density at radius 2 is 2.22 bits per heavy atom. The van der Waals surface area contributed by atoms with Crippen LogP contribution in [-0.4, -0.2) is 69.3 Å². The van der Waals surface area contributed by atoms with Gasteiger partial charge in [0.15, 0.2) is 0 Å². The van der Waals surface area contributed by atoms with E-state index in [0.717, 1.165) is 33.5 Å². The van der Waals surface area contributed by atoms with E-state index in [0.29, 0.717) is 25.7 Å². The minimum atomic E-state index is 0. The summed E-state index contributed by atoms with van der Waals surface area (Å²) in [5.41, 5.74) is 0. The summed E-state index contributed by atoms with van der Waals surface area (Å²) in [5.74, 6) is 1.56. The van der Waals surface area contributed by atoms with Crippen molar-refractivity contribution >= 4 is 42.3 Å². The number of carbonyl (C=O) groups excluding carboxylic acids is 1. The van der Waals surface area contributed by atoms with Crippen LogP contribution in [0.3, 0.4) is 0 Å². The maximum atomic E-state index is 11.9. The van der Waals surface area contributed by atoms with Gasteiger partial charge in [-0.25, -0.2) is 0 Å². The molecule has 0 bridgehead atoms. The van der Waals surface area contributed by atoms with Crippen LogP contribution >= 0.6 is 22.6 Å². The molecule has 2 rings (SSSR count). The number of nitrogens with one attached hydrogen (secondary N) is 1. The average Bonchev–Trinajstić information content (AvgIpc) is 2.41. The second-order valence-electron chi connectivity index (χ2n) is 4.29. The predicted molar refractivity (Wildman–Crippen MR) is 78.7 cm³/mol. The molecule has 0 aromatic heterocycles. The molecule has 1 atom stereocenters. The van der Waals surface area contributed by atoms with Crippen LogP contribution in [0.2, 0.25) is 5.32 Å². The van der Waals surface area contributed by atoms with E-state index < -0.39 is 0 Å². The molecule has 1 amide bonds. The number of nitrogens with zero attached hydrogens (tertiary/aromatic N) is 1. The molecule has 0 unspecified atom stereocenters. The second kappa shape index (κ2) is 9.45. The molecule has 18 heavy (non-hydrogen) atoms. The number of rotatable bonds is 4. The Kier molecular flexibility index (Phi) is 8.72. The predicted octanol–water partition coefficient (Wildman–Crippen LogP) is 0.790. The van der Waals surface area contributed by atoms with E-state index in [-0.39, 0.29) is 18.3 Å². The van der Waals surface area contributed by atoms with E-state index in [2.05, 4.69) is 15.5 Å². The zero-order valence-electron chi connectivity index (χ0n) is 10.4. The van der Waals surface area contributed by atoms with Crippen LogP contribution in [0.5, 0.6) is 0 Å². The molecule has 0 aromatic carbocycles. The molecule has 2 aliphatic heterocycles. The molecule has 2 saturated heterocycles. The maximum absolute atomic E-state index is 11.9. The van der Waals surface area contributed by atoms with Crippen molar-refractivity contribution in [3.05, 3.63) is 0 Å². The Labute approximate surface area is 125 Å². The van der Waals surface area contributed by atoms with Crippen molar-refractivity contribution in [3.8, 4) is 0 Å². The Balaban J connectivity index is 0.00000162. The third-order valence-corrected chi connectivity index (χ3v) is 7.54. The van der Waals surface area contributed by atoms with Crippen molar-refractivity contribution in [3.63, 3.8) is 0 Å². The first-order valence-electron chi connectivity index (χ1n) is 6.19. The Morgan fingerprint density at radius 1 is 1.44 bits per heavy atom. The molecule has 1 N–H and O–H groups in total. The van der Waals surface area contributed by atoms with Crippen LogP contribution < -0.4 is 5.32 Å². The van der Waals surface area contributed by atoms with Gasteiger partial charge in [0.1, 0.15) is 0 Å². The van der Waals surface area contributed by atoms with E-state index >= 15 is 0 Å². The molecular formula is C11H21ClN2O2SSe. The third-order valence-electron chi connectivity index (χ3n) is 3.04. The van der Waals surface area contributed by atoms with Crippen LogP contribution in [0.1, 0.15) is 12.8 Å². The number of morpholine rings is 1. The van der Waals surface area contributed by atoms with Crippen LogP contribution in [0, 0.1) is 0 Å². The summed E-state index contributed by atoms with van der Waals surface area (Å²) in [6, 6.07) is 0.661. The van der Waals surface area contributed by atoms with E-state index in [4.69, 9.17) is 4.74 Å². The molecule has 0 aromatic rings. The quantitative estimate of drug-likeness (QED) is 0.754. The molecule has 2 aliphatic rings. The monoisotopic (exact) mass is 360 g/mol. The van der Waals surface area contributed by atoms with E-state index in [1.807, 2.05) is 4.90 Å². The summed E-state index contributed by atoms with van der Waals surface area (Å²) in [4.78, 5) is 13.8. The molecule has 0 radical (unpaired) electrons. The summed E-state index contributed by atoms with van der Waals surface area (Å²) < 4.78 is 5.24. The molecule has 0 spiro atoms. The van der Waals surface area contributed by atoms with Gasteiger partial charge in [0, 0.05) is 0 Å². The van der Waals surface area contributed by atoms with Crippen LogP contribution in [0.25, 0.3) is 0 Å². The van der Waals surface area contributed by atoms with Gasteiger partial charge in [-0.05, 0) is 0 Å². The summed E-state index contributed by atoms with van der Waals surface area (Å²) in [7, 11) is 2.09. The average molecular weight is 360 g/mol. The van der Waals surface area contributed by atoms with Gasteiger partial charge in [-0.1, -0.05) is 0 Å². The number of hydrogen-bond donors (Lipinski definition) is 1. The van der Waals surface area contributed by atoms with Gasteiger partial charge >= 0.3 is 112 Å². The minimum absolute atomic E-state index is 0. The fourth-order valence-corrected chi connectivity index (χ4v) is 6.32. The van der Waals surface area contributed by atoms with Crippen molar-refractivity contribution in [2.24, 2.45) is 0 Å². The van der Waals surface area contributed by atoms with Gasteiger partial charge in [0.05, 0.1) is 0 Å². The van der Waals surface area contributed by atoms with Crippen molar-refractivity contribution < 1.29 is 9.53 Å². The first kappa shape index (κ1) is 16.6. The first-order valence-corrected chi connectivity index (χ1v) is 10.4. The Bertz CT molecular complexity index is 249. The molecule has 4 nitrogen and oxygen atoms in total. The number of amides is 1. The number of carbonyl (C=O) groups is 1. The molecule has 7 heteroatoms. The van der Waals surface area contributed by atoms with Gasteiger partial charge in [0.2, 0.25) is 0 Å². The summed E-state index contributed by atoms with van der Waals surface area (Å²) in [6.07, 6.45) is 1.90.